The Hall–Kier alpha value is -1.84. The average Bonchev–Trinajstić information content (AvgIpc) is 2.48. The lowest BCUT2D eigenvalue weighted by atomic mass is 9.89. The van der Waals surface area contributed by atoms with Gasteiger partial charge in [-0.3, -0.25) is 0 Å². The van der Waals surface area contributed by atoms with Crippen LogP contribution in [0.25, 0.3) is 0 Å². The lowest BCUT2D eigenvalue weighted by molar-refractivity contribution is 0.465. The maximum atomic E-state index is 14.5. The van der Waals surface area contributed by atoms with Crippen LogP contribution in [0.5, 0.6) is 0 Å². The summed E-state index contributed by atoms with van der Waals surface area (Å²) in [5.74, 6) is -3.96. The van der Waals surface area contributed by atoms with Crippen LogP contribution < -0.4 is 0 Å². The number of benzene rings is 2. The Morgan fingerprint density at radius 1 is 0.826 bits per heavy atom. The van der Waals surface area contributed by atoms with E-state index in [0.717, 1.165) is 17.7 Å². The third-order valence-electron chi connectivity index (χ3n) is 4.23. The van der Waals surface area contributed by atoms with Gasteiger partial charge in [-0.15, -0.1) is 0 Å². The highest BCUT2D eigenvalue weighted by molar-refractivity contribution is 5.36. The SMILES string of the molecule is Cc1c(C(C)C)ccc(CC(C)c2c(F)ccc(F)c2F)c1F. The molecule has 0 aliphatic carbocycles. The van der Waals surface area contributed by atoms with Gasteiger partial charge in [0.2, 0.25) is 0 Å². The van der Waals surface area contributed by atoms with Crippen LogP contribution in [-0.4, -0.2) is 0 Å². The molecule has 0 nitrogen and oxygen atoms in total. The summed E-state index contributed by atoms with van der Waals surface area (Å²) >= 11 is 0. The third-order valence-corrected chi connectivity index (χ3v) is 4.23. The van der Waals surface area contributed by atoms with Gasteiger partial charge in [0.15, 0.2) is 11.6 Å². The summed E-state index contributed by atoms with van der Waals surface area (Å²) in [6.45, 7) is 7.21. The van der Waals surface area contributed by atoms with Gasteiger partial charge < -0.3 is 0 Å². The van der Waals surface area contributed by atoms with Crippen molar-refractivity contribution in [2.24, 2.45) is 0 Å². The lowest BCUT2D eigenvalue weighted by Crippen LogP contribution is -2.09. The lowest BCUT2D eigenvalue weighted by Gasteiger charge is -2.17. The Morgan fingerprint density at radius 3 is 2.04 bits per heavy atom. The van der Waals surface area contributed by atoms with Crippen molar-refractivity contribution in [3.05, 3.63) is 69.8 Å². The van der Waals surface area contributed by atoms with Crippen molar-refractivity contribution >= 4 is 0 Å². The van der Waals surface area contributed by atoms with E-state index < -0.39 is 23.4 Å². The molecule has 1 unspecified atom stereocenters. The van der Waals surface area contributed by atoms with E-state index in [9.17, 15) is 17.6 Å². The predicted octanol–water partition coefficient (Wildman–Crippen LogP) is 6.02. The number of rotatable bonds is 4. The van der Waals surface area contributed by atoms with Gasteiger partial charge in [0.25, 0.3) is 0 Å². The molecule has 0 spiro atoms. The molecule has 0 aromatic heterocycles. The maximum absolute atomic E-state index is 14.5. The Kier molecular flexibility index (Phi) is 5.12. The molecule has 0 aliphatic rings. The zero-order valence-electron chi connectivity index (χ0n) is 13.7. The zero-order valence-corrected chi connectivity index (χ0v) is 13.7. The minimum absolute atomic E-state index is 0.0995. The second kappa shape index (κ2) is 6.73. The van der Waals surface area contributed by atoms with E-state index in [1.165, 1.54) is 0 Å². The minimum atomic E-state index is -1.20. The molecule has 0 heterocycles. The monoisotopic (exact) mass is 324 g/mol. The summed E-state index contributed by atoms with van der Waals surface area (Å²) in [7, 11) is 0. The quantitative estimate of drug-likeness (QED) is 0.476. The van der Waals surface area contributed by atoms with E-state index >= 15 is 0 Å². The molecule has 23 heavy (non-hydrogen) atoms. The summed E-state index contributed by atoms with van der Waals surface area (Å²) in [4.78, 5) is 0. The molecule has 0 bridgehead atoms. The van der Waals surface area contributed by atoms with Crippen molar-refractivity contribution in [3.8, 4) is 0 Å². The molecular formula is C19H20F4. The van der Waals surface area contributed by atoms with Crippen LogP contribution in [0.15, 0.2) is 24.3 Å². The summed E-state index contributed by atoms with van der Waals surface area (Å²) in [5.41, 5.74) is 1.49. The predicted molar refractivity (Wildman–Crippen MR) is 83.7 cm³/mol. The van der Waals surface area contributed by atoms with E-state index in [0.29, 0.717) is 11.1 Å². The van der Waals surface area contributed by atoms with Gasteiger partial charge in [0.05, 0.1) is 0 Å². The van der Waals surface area contributed by atoms with Crippen molar-refractivity contribution in [2.45, 2.75) is 46.0 Å². The molecule has 0 N–H and O–H groups in total. The molecule has 1 atom stereocenters. The Bertz CT molecular complexity index is 720. The van der Waals surface area contributed by atoms with Crippen molar-refractivity contribution < 1.29 is 17.6 Å². The summed E-state index contributed by atoms with van der Waals surface area (Å²) in [6, 6.07) is 5.13. The van der Waals surface area contributed by atoms with E-state index in [1.54, 1.807) is 19.9 Å². The van der Waals surface area contributed by atoms with E-state index in [2.05, 4.69) is 0 Å². The molecule has 0 saturated carbocycles. The van der Waals surface area contributed by atoms with Crippen molar-refractivity contribution in [2.75, 3.05) is 0 Å². The van der Waals surface area contributed by atoms with Crippen LogP contribution in [0.4, 0.5) is 17.6 Å². The van der Waals surface area contributed by atoms with Gasteiger partial charge >= 0.3 is 0 Å². The fraction of sp³-hybridized carbons (Fsp3) is 0.368. The molecule has 2 rings (SSSR count). The summed E-state index contributed by atoms with van der Waals surface area (Å²) < 4.78 is 55.5. The van der Waals surface area contributed by atoms with Gasteiger partial charge in [0, 0.05) is 5.56 Å². The molecule has 0 aliphatic heterocycles. The van der Waals surface area contributed by atoms with Gasteiger partial charge in [0.1, 0.15) is 11.6 Å². The Labute approximate surface area is 134 Å². The van der Waals surface area contributed by atoms with Crippen molar-refractivity contribution in [1.82, 2.24) is 0 Å². The number of halogens is 4. The summed E-state index contributed by atoms with van der Waals surface area (Å²) in [5, 5.41) is 0. The largest absolute Gasteiger partial charge is 0.207 e. The fourth-order valence-corrected chi connectivity index (χ4v) is 2.97. The highest BCUT2D eigenvalue weighted by Gasteiger charge is 2.22. The molecular weight excluding hydrogens is 304 g/mol. The molecule has 124 valence electrons. The maximum Gasteiger partial charge on any atom is 0.165 e. The van der Waals surface area contributed by atoms with Crippen LogP contribution in [0.1, 0.15) is 54.9 Å². The molecule has 0 saturated heterocycles. The van der Waals surface area contributed by atoms with Crippen LogP contribution in [0.2, 0.25) is 0 Å². The molecule has 4 heteroatoms. The molecule has 2 aromatic carbocycles. The topological polar surface area (TPSA) is 0 Å². The summed E-state index contributed by atoms with van der Waals surface area (Å²) in [6.07, 6.45) is 0.0995. The van der Waals surface area contributed by atoms with Gasteiger partial charge in [-0.05, 0) is 54.0 Å². The Morgan fingerprint density at radius 2 is 1.43 bits per heavy atom. The van der Waals surface area contributed by atoms with Gasteiger partial charge in [-0.2, -0.15) is 0 Å². The van der Waals surface area contributed by atoms with Gasteiger partial charge in [-0.1, -0.05) is 32.9 Å². The zero-order chi connectivity index (χ0) is 17.3. The number of hydrogen-bond acceptors (Lipinski definition) is 0. The average molecular weight is 324 g/mol. The third kappa shape index (κ3) is 3.41. The first-order valence-corrected chi connectivity index (χ1v) is 7.65. The van der Waals surface area contributed by atoms with Crippen molar-refractivity contribution in [1.29, 1.82) is 0 Å². The second-order valence-electron chi connectivity index (χ2n) is 6.27. The van der Waals surface area contributed by atoms with Gasteiger partial charge in [-0.25, -0.2) is 17.6 Å². The first-order chi connectivity index (χ1) is 10.7. The first-order valence-electron chi connectivity index (χ1n) is 7.65. The second-order valence-corrected chi connectivity index (χ2v) is 6.27. The first kappa shape index (κ1) is 17.5. The molecule has 2 aromatic rings. The highest BCUT2D eigenvalue weighted by Crippen LogP contribution is 2.30. The molecule has 0 radical (unpaired) electrons. The van der Waals surface area contributed by atoms with Crippen molar-refractivity contribution in [3.63, 3.8) is 0 Å². The standard InChI is InChI=1S/C19H20F4/c1-10(2)14-6-5-13(18(22)12(14)4)9-11(3)17-15(20)7-8-16(21)19(17)23/h5-8,10-11H,9H2,1-4H3. The highest BCUT2D eigenvalue weighted by atomic mass is 19.2. The normalized spacial score (nSPS) is 12.7. The van der Waals surface area contributed by atoms with Crippen LogP contribution in [-0.2, 0) is 6.42 Å². The smallest absolute Gasteiger partial charge is 0.165 e. The minimum Gasteiger partial charge on any atom is -0.207 e. The van der Waals surface area contributed by atoms with Crippen LogP contribution in [0, 0.1) is 30.2 Å². The molecule has 0 fully saturated rings. The van der Waals surface area contributed by atoms with E-state index in [1.807, 2.05) is 19.9 Å². The number of hydrogen-bond donors (Lipinski definition) is 0. The van der Waals surface area contributed by atoms with E-state index in [-0.39, 0.29) is 23.7 Å². The van der Waals surface area contributed by atoms with Crippen LogP contribution in [0.3, 0.4) is 0 Å². The Balaban J connectivity index is 2.37. The van der Waals surface area contributed by atoms with Crippen LogP contribution >= 0.6 is 0 Å². The fourth-order valence-electron chi connectivity index (χ4n) is 2.97. The molecule has 0 amide bonds. The van der Waals surface area contributed by atoms with E-state index in [4.69, 9.17) is 0 Å².